The monoisotopic (exact) mass is 346 g/mol. The topological polar surface area (TPSA) is 79.4 Å². The number of rotatable bonds is 4. The summed E-state index contributed by atoms with van der Waals surface area (Å²) in [6, 6.07) is 15.4. The number of nitrogens with one attached hydrogen (secondary N) is 2. The second kappa shape index (κ2) is 6.48. The van der Waals surface area contributed by atoms with Gasteiger partial charge in [-0.1, -0.05) is 29.8 Å². The van der Waals surface area contributed by atoms with Gasteiger partial charge in [-0.25, -0.2) is 0 Å². The number of carbonyl (C=O) groups excluding carboxylic acids is 1. The number of methoxy groups -OCH3 is 1. The summed E-state index contributed by atoms with van der Waals surface area (Å²) >= 11 is 0. The molecule has 0 amide bonds. The molecule has 6 nitrogen and oxygen atoms in total. The Kier molecular flexibility index (Phi) is 4.01. The lowest BCUT2D eigenvalue weighted by Crippen LogP contribution is -2.34. The molecule has 1 aromatic heterocycles. The van der Waals surface area contributed by atoms with Crippen LogP contribution in [-0.2, 0) is 0 Å². The number of benzene rings is 2. The summed E-state index contributed by atoms with van der Waals surface area (Å²) in [5.74, 6) is 1.17. The Bertz CT molecular complexity index is 976. The summed E-state index contributed by atoms with van der Waals surface area (Å²) in [5.41, 5.74) is 4.31. The van der Waals surface area contributed by atoms with Gasteiger partial charge >= 0.3 is 0 Å². The smallest absolute Gasteiger partial charge is 0.208 e. The maximum atomic E-state index is 13.0. The number of ketones is 1. The van der Waals surface area contributed by atoms with Crippen LogP contribution in [0.4, 0.5) is 5.82 Å². The molecule has 2 heterocycles. The van der Waals surface area contributed by atoms with Gasteiger partial charge in [-0.2, -0.15) is 5.10 Å². The van der Waals surface area contributed by atoms with E-state index in [0.29, 0.717) is 17.1 Å². The summed E-state index contributed by atoms with van der Waals surface area (Å²) in [6.07, 6.45) is 0.892. The Labute approximate surface area is 150 Å². The number of aliphatic imine (C=N–C) groups is 1. The van der Waals surface area contributed by atoms with Crippen molar-refractivity contribution in [3.05, 3.63) is 77.0 Å². The van der Waals surface area contributed by atoms with Crippen LogP contribution in [0.15, 0.2) is 59.7 Å². The fourth-order valence-electron chi connectivity index (χ4n) is 2.99. The Hall–Kier alpha value is -3.41. The van der Waals surface area contributed by atoms with Crippen LogP contribution in [0.3, 0.4) is 0 Å². The van der Waals surface area contributed by atoms with E-state index in [1.54, 1.807) is 25.4 Å². The normalized spacial score (nSPS) is 16.0. The highest BCUT2D eigenvalue weighted by atomic mass is 16.5. The molecule has 0 saturated heterocycles. The minimum atomic E-state index is -0.730. The largest absolute Gasteiger partial charge is 0.497 e. The molecule has 0 radical (unpaired) electrons. The van der Waals surface area contributed by atoms with Gasteiger partial charge < -0.3 is 10.1 Å². The molecule has 2 aromatic carbocycles. The first-order valence-electron chi connectivity index (χ1n) is 8.29. The van der Waals surface area contributed by atoms with Crippen LogP contribution in [0.25, 0.3) is 0 Å². The van der Waals surface area contributed by atoms with E-state index in [-0.39, 0.29) is 5.78 Å². The molecule has 1 aliphatic heterocycles. The number of carbonyl (C=O) groups is 1. The van der Waals surface area contributed by atoms with Crippen molar-refractivity contribution < 1.29 is 9.53 Å². The number of aryl methyl sites for hydroxylation is 1. The number of hydrogen-bond donors (Lipinski definition) is 2. The Morgan fingerprint density at radius 1 is 1.08 bits per heavy atom. The highest BCUT2D eigenvalue weighted by Crippen LogP contribution is 2.27. The van der Waals surface area contributed by atoms with Crippen molar-refractivity contribution in [2.75, 3.05) is 12.4 Å². The lowest BCUT2D eigenvalue weighted by molar-refractivity contribution is 0.0969. The fraction of sp³-hybridized carbons (Fsp3) is 0.150. The summed E-state index contributed by atoms with van der Waals surface area (Å²) in [7, 11) is 1.59. The van der Waals surface area contributed by atoms with Crippen LogP contribution in [0.5, 0.6) is 5.75 Å². The van der Waals surface area contributed by atoms with Crippen LogP contribution in [0.1, 0.15) is 27.0 Å². The van der Waals surface area contributed by atoms with E-state index in [4.69, 9.17) is 9.73 Å². The van der Waals surface area contributed by atoms with Crippen molar-refractivity contribution in [3.63, 3.8) is 0 Å². The third kappa shape index (κ3) is 2.86. The first kappa shape index (κ1) is 16.1. The molecule has 1 atom stereocenters. The number of fused-ring (bicyclic) bond motifs is 1. The molecular formula is C20H18N4O2. The van der Waals surface area contributed by atoms with E-state index in [2.05, 4.69) is 15.5 Å². The number of nitrogens with zero attached hydrogens (tertiary/aromatic N) is 2. The molecule has 4 rings (SSSR count). The van der Waals surface area contributed by atoms with Crippen molar-refractivity contribution in [3.8, 4) is 5.75 Å². The zero-order chi connectivity index (χ0) is 18.1. The van der Waals surface area contributed by atoms with E-state index in [0.717, 1.165) is 16.8 Å². The lowest BCUT2D eigenvalue weighted by atomic mass is 9.91. The molecule has 6 heteroatoms. The highest BCUT2D eigenvalue weighted by molar-refractivity contribution is 6.23. The SMILES string of the molecule is COc1ccc2c(c1)C(=O)C(Nc1ccn[nH]1)N=C2c1ccc(C)cc1. The minimum Gasteiger partial charge on any atom is -0.497 e. The number of hydrogen-bond acceptors (Lipinski definition) is 5. The minimum absolute atomic E-state index is 0.107. The second-order valence-corrected chi connectivity index (χ2v) is 6.14. The average molecular weight is 346 g/mol. The van der Waals surface area contributed by atoms with Crippen molar-refractivity contribution in [2.45, 2.75) is 13.1 Å². The van der Waals surface area contributed by atoms with E-state index >= 15 is 0 Å². The Morgan fingerprint density at radius 3 is 2.58 bits per heavy atom. The van der Waals surface area contributed by atoms with Crippen molar-refractivity contribution in [1.29, 1.82) is 0 Å². The van der Waals surface area contributed by atoms with Crippen LogP contribution in [-0.4, -0.2) is 35.0 Å². The van der Waals surface area contributed by atoms with Gasteiger partial charge in [0, 0.05) is 16.7 Å². The van der Waals surface area contributed by atoms with Crippen LogP contribution in [0, 0.1) is 6.92 Å². The first-order valence-corrected chi connectivity index (χ1v) is 8.29. The lowest BCUT2D eigenvalue weighted by Gasteiger charge is -2.24. The number of aromatic amines is 1. The van der Waals surface area contributed by atoms with Gasteiger partial charge in [-0.15, -0.1) is 0 Å². The van der Waals surface area contributed by atoms with Crippen molar-refractivity contribution in [1.82, 2.24) is 10.2 Å². The molecule has 0 aliphatic carbocycles. The van der Waals surface area contributed by atoms with Crippen LogP contribution in [0.2, 0.25) is 0 Å². The maximum Gasteiger partial charge on any atom is 0.208 e. The molecule has 1 unspecified atom stereocenters. The number of anilines is 1. The van der Waals surface area contributed by atoms with E-state index < -0.39 is 6.17 Å². The molecule has 26 heavy (non-hydrogen) atoms. The van der Waals surface area contributed by atoms with Crippen LogP contribution < -0.4 is 10.1 Å². The van der Waals surface area contributed by atoms with Gasteiger partial charge in [0.05, 0.1) is 19.0 Å². The van der Waals surface area contributed by atoms with Gasteiger partial charge in [0.15, 0.2) is 6.17 Å². The third-order valence-electron chi connectivity index (χ3n) is 4.37. The molecular weight excluding hydrogens is 328 g/mol. The van der Waals surface area contributed by atoms with E-state index in [1.165, 1.54) is 5.56 Å². The molecule has 0 spiro atoms. The predicted molar refractivity (Wildman–Crippen MR) is 100 cm³/mol. The summed E-state index contributed by atoms with van der Waals surface area (Å²) < 4.78 is 5.30. The summed E-state index contributed by atoms with van der Waals surface area (Å²) in [5, 5.41) is 9.81. The molecule has 0 fully saturated rings. The molecule has 1 aliphatic rings. The fourth-order valence-corrected chi connectivity index (χ4v) is 2.99. The van der Waals surface area contributed by atoms with Crippen molar-refractivity contribution >= 4 is 17.3 Å². The van der Waals surface area contributed by atoms with Crippen molar-refractivity contribution in [2.24, 2.45) is 4.99 Å². The van der Waals surface area contributed by atoms with Gasteiger partial charge in [-0.3, -0.25) is 14.9 Å². The number of Topliss-reactive ketones (excluding diaryl/α,β-unsaturated/α-hetero) is 1. The highest BCUT2D eigenvalue weighted by Gasteiger charge is 2.30. The first-order chi connectivity index (χ1) is 12.7. The number of ether oxygens (including phenoxy) is 1. The summed E-state index contributed by atoms with van der Waals surface area (Å²) in [6.45, 7) is 2.04. The molecule has 0 saturated carbocycles. The van der Waals surface area contributed by atoms with Gasteiger partial charge in [-0.05, 0) is 31.2 Å². The van der Waals surface area contributed by atoms with E-state index in [9.17, 15) is 4.79 Å². The molecule has 0 bridgehead atoms. The average Bonchev–Trinajstić information content (AvgIpc) is 3.17. The second-order valence-electron chi connectivity index (χ2n) is 6.14. The van der Waals surface area contributed by atoms with E-state index in [1.807, 2.05) is 43.3 Å². The standard InChI is InChI=1S/C20H18N4O2/c1-12-3-5-13(6-4-12)18-15-8-7-14(26-2)11-16(15)19(25)20(23-18)22-17-9-10-21-24-17/h3-11,20H,1-2H3,(H2,21,22,24). The number of aromatic nitrogens is 2. The zero-order valence-corrected chi connectivity index (χ0v) is 14.5. The Morgan fingerprint density at radius 2 is 1.88 bits per heavy atom. The molecule has 2 N–H and O–H groups in total. The van der Waals surface area contributed by atoms with Gasteiger partial charge in [0.1, 0.15) is 11.6 Å². The molecule has 130 valence electrons. The van der Waals surface area contributed by atoms with Gasteiger partial charge in [0.25, 0.3) is 0 Å². The maximum absolute atomic E-state index is 13.0. The molecule has 3 aromatic rings. The Balaban J connectivity index is 1.83. The third-order valence-corrected chi connectivity index (χ3v) is 4.37. The van der Waals surface area contributed by atoms with Crippen LogP contribution >= 0.6 is 0 Å². The van der Waals surface area contributed by atoms with Gasteiger partial charge in [0.2, 0.25) is 5.78 Å². The summed E-state index contributed by atoms with van der Waals surface area (Å²) in [4.78, 5) is 17.7. The predicted octanol–water partition coefficient (Wildman–Crippen LogP) is 3.20. The quantitative estimate of drug-likeness (QED) is 0.760. The number of H-pyrrole nitrogens is 1. The zero-order valence-electron chi connectivity index (χ0n) is 14.5.